The summed E-state index contributed by atoms with van der Waals surface area (Å²) < 4.78 is 1.53. The first-order valence-corrected chi connectivity index (χ1v) is 8.55. The Balaban J connectivity index is 2.24. The molecule has 1 aromatic carbocycles. The number of carboxylic acids is 1. The number of aromatic hydroxyl groups is 1. The van der Waals surface area contributed by atoms with Crippen molar-refractivity contribution in [2.45, 2.75) is 13.0 Å². The minimum atomic E-state index is -1.02. The number of hydrogen-bond acceptors (Lipinski definition) is 5. The molecule has 1 aliphatic rings. The van der Waals surface area contributed by atoms with Crippen LogP contribution in [0, 0.1) is 3.95 Å². The van der Waals surface area contributed by atoms with Gasteiger partial charge >= 0.3 is 5.97 Å². The SMILES string of the molecule is O=C(O)CCn1c(O)c(C2=c3cc(Cl)cc(Cl)c3=NC2=O)sc1=S. The van der Waals surface area contributed by atoms with Crippen LogP contribution in [0.5, 0.6) is 5.88 Å². The van der Waals surface area contributed by atoms with E-state index in [2.05, 4.69) is 4.99 Å². The average molecular weight is 403 g/mol. The van der Waals surface area contributed by atoms with Crippen molar-refractivity contribution >= 4 is 64.2 Å². The summed E-state index contributed by atoms with van der Waals surface area (Å²) in [7, 11) is 0. The maximum absolute atomic E-state index is 12.3. The molecule has 0 radical (unpaired) electrons. The molecule has 0 fully saturated rings. The number of carbonyl (C=O) groups is 2. The average Bonchev–Trinajstić information content (AvgIpc) is 2.94. The molecule has 10 heteroatoms. The Morgan fingerprint density at radius 3 is 2.75 bits per heavy atom. The van der Waals surface area contributed by atoms with Crippen molar-refractivity contribution in [2.75, 3.05) is 0 Å². The Morgan fingerprint density at radius 2 is 2.08 bits per heavy atom. The third kappa shape index (κ3) is 2.86. The van der Waals surface area contributed by atoms with Crippen LogP contribution in [-0.4, -0.2) is 26.7 Å². The van der Waals surface area contributed by atoms with Gasteiger partial charge in [-0.05, 0) is 24.4 Å². The van der Waals surface area contributed by atoms with Crippen molar-refractivity contribution in [1.29, 1.82) is 0 Å². The number of amides is 1. The molecule has 6 nitrogen and oxygen atoms in total. The Kier molecular flexibility index (Phi) is 4.48. The quantitative estimate of drug-likeness (QED) is 0.764. The number of aromatic nitrogens is 1. The highest BCUT2D eigenvalue weighted by molar-refractivity contribution is 7.73. The lowest BCUT2D eigenvalue weighted by Crippen LogP contribution is -2.24. The Morgan fingerprint density at radius 1 is 1.38 bits per heavy atom. The van der Waals surface area contributed by atoms with E-state index in [1.165, 1.54) is 16.7 Å². The van der Waals surface area contributed by atoms with Crippen LogP contribution in [0.25, 0.3) is 5.57 Å². The lowest BCUT2D eigenvalue weighted by atomic mass is 10.1. The number of carboxylic acid groups (broad SMARTS) is 1. The number of nitrogens with zero attached hydrogens (tertiary/aromatic N) is 2. The number of carbonyl (C=O) groups excluding carboxylic acids is 1. The molecule has 1 aromatic heterocycles. The zero-order chi connectivity index (χ0) is 17.6. The number of rotatable bonds is 4. The molecule has 124 valence electrons. The van der Waals surface area contributed by atoms with Gasteiger partial charge in [-0.1, -0.05) is 23.2 Å². The summed E-state index contributed by atoms with van der Waals surface area (Å²) in [5.74, 6) is -1.85. The van der Waals surface area contributed by atoms with Crippen LogP contribution in [0.3, 0.4) is 0 Å². The summed E-state index contributed by atoms with van der Waals surface area (Å²) in [5.41, 5.74) is 0.150. The second kappa shape index (κ2) is 6.29. The van der Waals surface area contributed by atoms with Crippen LogP contribution >= 0.6 is 46.8 Å². The van der Waals surface area contributed by atoms with E-state index in [4.69, 9.17) is 40.5 Å². The summed E-state index contributed by atoms with van der Waals surface area (Å²) in [5, 5.41) is 20.4. The second-order valence-corrected chi connectivity index (χ2v) is 7.38. The molecule has 0 saturated carbocycles. The first-order valence-electron chi connectivity index (χ1n) is 6.56. The van der Waals surface area contributed by atoms with Gasteiger partial charge in [0.25, 0.3) is 5.91 Å². The molecule has 1 amide bonds. The third-order valence-electron chi connectivity index (χ3n) is 3.37. The maximum atomic E-state index is 12.3. The fraction of sp³-hybridized carbons (Fsp3) is 0.143. The molecular weight excluding hydrogens is 395 g/mol. The van der Waals surface area contributed by atoms with E-state index in [1.54, 1.807) is 0 Å². The smallest absolute Gasteiger partial charge is 0.305 e. The highest BCUT2D eigenvalue weighted by Gasteiger charge is 2.26. The zero-order valence-electron chi connectivity index (χ0n) is 11.7. The number of aliphatic carboxylic acids is 1. The predicted molar refractivity (Wildman–Crippen MR) is 91.8 cm³/mol. The lowest BCUT2D eigenvalue weighted by Gasteiger charge is -2.03. The van der Waals surface area contributed by atoms with E-state index in [9.17, 15) is 14.7 Å². The van der Waals surface area contributed by atoms with Crippen LogP contribution in [0.2, 0.25) is 10.0 Å². The van der Waals surface area contributed by atoms with Gasteiger partial charge in [0, 0.05) is 16.8 Å². The number of halogens is 2. The van der Waals surface area contributed by atoms with Crippen LogP contribution in [0.4, 0.5) is 0 Å². The first kappa shape index (κ1) is 17.1. The van der Waals surface area contributed by atoms with Crippen LogP contribution in [0.1, 0.15) is 11.3 Å². The van der Waals surface area contributed by atoms with Crippen molar-refractivity contribution < 1.29 is 19.8 Å². The van der Waals surface area contributed by atoms with Crippen molar-refractivity contribution in [2.24, 2.45) is 4.99 Å². The molecule has 0 unspecified atom stereocenters. The van der Waals surface area contributed by atoms with Gasteiger partial charge in [-0.3, -0.25) is 14.2 Å². The minimum Gasteiger partial charge on any atom is -0.493 e. The van der Waals surface area contributed by atoms with Gasteiger partial charge in [-0.15, -0.1) is 11.3 Å². The van der Waals surface area contributed by atoms with Crippen molar-refractivity contribution in [3.8, 4) is 5.88 Å². The topological polar surface area (TPSA) is 91.9 Å². The van der Waals surface area contributed by atoms with Crippen molar-refractivity contribution in [3.05, 3.63) is 41.6 Å². The van der Waals surface area contributed by atoms with Gasteiger partial charge in [0.1, 0.15) is 4.88 Å². The van der Waals surface area contributed by atoms with E-state index in [1.807, 2.05) is 0 Å². The van der Waals surface area contributed by atoms with Crippen LogP contribution < -0.4 is 10.6 Å². The van der Waals surface area contributed by atoms with Gasteiger partial charge in [0.15, 0.2) is 3.95 Å². The molecule has 0 atom stereocenters. The normalized spacial score (nSPS) is 13.1. The summed E-state index contributed by atoms with van der Waals surface area (Å²) >= 11 is 18.2. The van der Waals surface area contributed by atoms with Gasteiger partial charge in [-0.25, -0.2) is 4.99 Å². The molecule has 0 bridgehead atoms. The maximum Gasteiger partial charge on any atom is 0.305 e. The van der Waals surface area contributed by atoms with Gasteiger partial charge in [-0.2, -0.15) is 0 Å². The molecule has 2 aromatic rings. The van der Waals surface area contributed by atoms with Gasteiger partial charge in [0.05, 0.1) is 22.4 Å². The second-order valence-electron chi connectivity index (χ2n) is 4.89. The number of thiazole rings is 1. The zero-order valence-corrected chi connectivity index (χ0v) is 14.9. The Labute approximate surface area is 153 Å². The number of hydrogen-bond donors (Lipinski definition) is 2. The number of fused-ring (bicyclic) bond motifs is 1. The molecular formula is C14H8Cl2N2O4S2. The highest BCUT2D eigenvalue weighted by Crippen LogP contribution is 2.33. The largest absolute Gasteiger partial charge is 0.493 e. The molecule has 2 N–H and O–H groups in total. The van der Waals surface area contributed by atoms with Crippen LogP contribution in [-0.2, 0) is 16.1 Å². The van der Waals surface area contributed by atoms with Gasteiger partial charge < -0.3 is 10.2 Å². The van der Waals surface area contributed by atoms with E-state index in [0.717, 1.165) is 11.3 Å². The van der Waals surface area contributed by atoms with E-state index < -0.39 is 11.9 Å². The molecule has 24 heavy (non-hydrogen) atoms. The fourth-order valence-corrected chi connectivity index (χ4v) is 4.25. The van der Waals surface area contributed by atoms with Crippen molar-refractivity contribution in [3.63, 3.8) is 0 Å². The highest BCUT2D eigenvalue weighted by atomic mass is 35.5. The summed E-state index contributed by atoms with van der Waals surface area (Å²) in [6, 6.07) is 3.01. The Hall–Kier alpha value is -1.74. The summed E-state index contributed by atoms with van der Waals surface area (Å²) in [6.45, 7) is -0.00171. The van der Waals surface area contributed by atoms with E-state index >= 15 is 0 Å². The molecule has 1 aliphatic heterocycles. The summed E-state index contributed by atoms with van der Waals surface area (Å²) in [6.07, 6.45) is -0.208. The fourth-order valence-electron chi connectivity index (χ4n) is 2.33. The van der Waals surface area contributed by atoms with E-state index in [-0.39, 0.29) is 43.6 Å². The van der Waals surface area contributed by atoms with Crippen molar-refractivity contribution in [1.82, 2.24) is 4.57 Å². The van der Waals surface area contributed by atoms with Gasteiger partial charge in [0.2, 0.25) is 5.88 Å². The Bertz CT molecular complexity index is 1070. The number of benzene rings is 1. The monoisotopic (exact) mass is 402 g/mol. The minimum absolute atomic E-state index is 0.00171. The molecule has 0 spiro atoms. The molecule has 0 aliphatic carbocycles. The molecule has 2 heterocycles. The molecule has 3 rings (SSSR count). The summed E-state index contributed by atoms with van der Waals surface area (Å²) in [4.78, 5) is 27.1. The van der Waals surface area contributed by atoms with Crippen LogP contribution in [0.15, 0.2) is 17.1 Å². The first-order chi connectivity index (χ1) is 11.3. The predicted octanol–water partition coefficient (Wildman–Crippen LogP) is 2.12. The molecule has 0 saturated heterocycles. The standard InChI is InChI=1S/C14H8Cl2N2O4S2/c15-5-3-6-9(12(21)17-10(6)7(16)4-5)11-13(22)18(14(23)24-11)2-1-8(19)20/h3-4,22H,1-2H2,(H,19,20). The van der Waals surface area contributed by atoms with E-state index in [0.29, 0.717) is 10.2 Å². The lowest BCUT2D eigenvalue weighted by molar-refractivity contribution is -0.137. The third-order valence-corrected chi connectivity index (χ3v) is 5.33.